The SMILES string of the molecule is Cc1nc(-c2cc(C(=O)NC(=S)Nc3cccc(OC4Cc5ccccc5C4)c3)no2)cs1. The quantitative estimate of drug-likeness (QED) is 0.401. The van der Waals surface area contributed by atoms with Gasteiger partial charge in [0, 0.05) is 36.0 Å². The first-order chi connectivity index (χ1) is 16.0. The Morgan fingerprint density at radius 2 is 1.94 bits per heavy atom. The first-order valence-electron chi connectivity index (χ1n) is 10.4. The molecule has 2 N–H and O–H groups in total. The number of fused-ring (bicyclic) bond motifs is 1. The molecule has 2 heterocycles. The van der Waals surface area contributed by atoms with Gasteiger partial charge in [-0.1, -0.05) is 35.5 Å². The predicted molar refractivity (Wildman–Crippen MR) is 131 cm³/mol. The molecule has 0 saturated carbocycles. The standard InChI is InChI=1S/C24H20N4O3S2/c1-14-25-21(13-33-14)22-12-20(28-31-22)23(29)27-24(32)26-17-7-4-8-18(11-17)30-19-9-15-5-2-3-6-16(15)10-19/h2-8,11-13,19H,9-10H2,1H3,(H2,26,27,29,32). The zero-order valence-electron chi connectivity index (χ0n) is 17.7. The second-order valence-corrected chi connectivity index (χ2v) is 9.15. The van der Waals surface area contributed by atoms with Crippen molar-refractivity contribution in [1.82, 2.24) is 15.5 Å². The molecule has 0 fully saturated rings. The molecule has 0 spiro atoms. The number of hydrogen-bond acceptors (Lipinski definition) is 7. The van der Waals surface area contributed by atoms with Crippen molar-refractivity contribution in [1.29, 1.82) is 0 Å². The van der Waals surface area contributed by atoms with E-state index in [-0.39, 0.29) is 16.9 Å². The molecule has 9 heteroatoms. The molecule has 2 aromatic carbocycles. The number of thiazole rings is 1. The minimum atomic E-state index is -0.467. The van der Waals surface area contributed by atoms with E-state index in [1.54, 1.807) is 6.07 Å². The number of nitrogens with one attached hydrogen (secondary N) is 2. The third-order valence-electron chi connectivity index (χ3n) is 5.25. The van der Waals surface area contributed by atoms with E-state index in [1.807, 2.05) is 36.6 Å². The number of nitrogens with zero attached hydrogens (tertiary/aromatic N) is 2. The fraction of sp³-hybridized carbons (Fsp3) is 0.167. The van der Waals surface area contributed by atoms with Gasteiger partial charge in [-0.15, -0.1) is 11.3 Å². The van der Waals surface area contributed by atoms with Crippen LogP contribution in [0.1, 0.15) is 26.6 Å². The molecule has 1 aliphatic carbocycles. The van der Waals surface area contributed by atoms with Gasteiger partial charge in [0.1, 0.15) is 17.5 Å². The zero-order valence-corrected chi connectivity index (χ0v) is 19.3. The maximum absolute atomic E-state index is 12.5. The highest BCUT2D eigenvalue weighted by Gasteiger charge is 2.22. The first-order valence-corrected chi connectivity index (χ1v) is 11.7. The molecule has 4 aromatic rings. The van der Waals surface area contributed by atoms with Crippen LogP contribution >= 0.6 is 23.6 Å². The minimum Gasteiger partial charge on any atom is -0.490 e. The van der Waals surface area contributed by atoms with Crippen molar-refractivity contribution in [2.24, 2.45) is 0 Å². The van der Waals surface area contributed by atoms with Gasteiger partial charge in [0.05, 0.1) is 5.01 Å². The molecule has 0 aliphatic heterocycles. The zero-order chi connectivity index (χ0) is 22.8. The maximum atomic E-state index is 12.5. The van der Waals surface area contributed by atoms with E-state index in [0.717, 1.165) is 23.6 Å². The van der Waals surface area contributed by atoms with Crippen molar-refractivity contribution in [2.75, 3.05) is 5.32 Å². The molecule has 2 aromatic heterocycles. The summed E-state index contributed by atoms with van der Waals surface area (Å²) < 4.78 is 11.4. The lowest BCUT2D eigenvalue weighted by atomic mass is 10.1. The van der Waals surface area contributed by atoms with Crippen LogP contribution in [0, 0.1) is 6.92 Å². The molecule has 5 rings (SSSR count). The van der Waals surface area contributed by atoms with E-state index < -0.39 is 5.91 Å². The molecular weight excluding hydrogens is 456 g/mol. The summed E-state index contributed by atoms with van der Waals surface area (Å²) in [7, 11) is 0. The fourth-order valence-corrected chi connectivity index (χ4v) is 4.56. The largest absolute Gasteiger partial charge is 0.490 e. The van der Waals surface area contributed by atoms with Gasteiger partial charge in [-0.25, -0.2) is 4.98 Å². The van der Waals surface area contributed by atoms with E-state index in [9.17, 15) is 4.79 Å². The van der Waals surface area contributed by atoms with Crippen LogP contribution in [0.15, 0.2) is 64.5 Å². The molecule has 0 unspecified atom stereocenters. The number of benzene rings is 2. The number of ether oxygens (including phenoxy) is 1. The molecule has 1 aliphatic rings. The van der Waals surface area contributed by atoms with Gasteiger partial charge in [-0.2, -0.15) is 0 Å². The Hall–Kier alpha value is -3.56. The van der Waals surface area contributed by atoms with E-state index in [1.165, 1.54) is 22.5 Å². The molecular formula is C24H20N4O3S2. The topological polar surface area (TPSA) is 89.3 Å². The van der Waals surface area contributed by atoms with Gasteiger partial charge in [0.25, 0.3) is 5.91 Å². The fourth-order valence-electron chi connectivity index (χ4n) is 3.75. The number of aryl methyl sites for hydroxylation is 1. The molecule has 0 atom stereocenters. The summed E-state index contributed by atoms with van der Waals surface area (Å²) in [5.41, 5.74) is 4.15. The van der Waals surface area contributed by atoms with Crippen molar-refractivity contribution in [3.8, 4) is 17.2 Å². The van der Waals surface area contributed by atoms with Crippen molar-refractivity contribution in [3.05, 3.63) is 81.8 Å². The number of aromatic nitrogens is 2. The van der Waals surface area contributed by atoms with E-state index in [0.29, 0.717) is 17.1 Å². The number of anilines is 1. The second kappa shape index (κ2) is 9.13. The average Bonchev–Trinajstić information content (AvgIpc) is 3.52. The van der Waals surface area contributed by atoms with Gasteiger partial charge in [0.15, 0.2) is 16.6 Å². The lowest BCUT2D eigenvalue weighted by molar-refractivity contribution is 0.0969. The molecule has 1 amide bonds. The van der Waals surface area contributed by atoms with Crippen LogP contribution < -0.4 is 15.4 Å². The van der Waals surface area contributed by atoms with E-state index >= 15 is 0 Å². The number of carbonyl (C=O) groups excluding carboxylic acids is 1. The van der Waals surface area contributed by atoms with Crippen LogP contribution in [0.4, 0.5) is 5.69 Å². The third kappa shape index (κ3) is 4.94. The summed E-state index contributed by atoms with van der Waals surface area (Å²) in [6, 6.07) is 17.5. The summed E-state index contributed by atoms with van der Waals surface area (Å²) in [6.07, 6.45) is 1.89. The maximum Gasteiger partial charge on any atom is 0.279 e. The Morgan fingerprint density at radius 1 is 1.15 bits per heavy atom. The van der Waals surface area contributed by atoms with Crippen molar-refractivity contribution in [2.45, 2.75) is 25.9 Å². The normalized spacial score (nSPS) is 12.9. The molecule has 0 bridgehead atoms. The number of rotatable bonds is 5. The Kier molecular flexibility index (Phi) is 5.89. The predicted octanol–water partition coefficient (Wildman–Crippen LogP) is 4.78. The van der Waals surface area contributed by atoms with Crippen molar-refractivity contribution >= 4 is 40.3 Å². The summed E-state index contributed by atoms with van der Waals surface area (Å²) in [5, 5.41) is 12.4. The van der Waals surface area contributed by atoms with Gasteiger partial charge in [-0.05, 0) is 42.4 Å². The van der Waals surface area contributed by atoms with Gasteiger partial charge in [0.2, 0.25) is 0 Å². The summed E-state index contributed by atoms with van der Waals surface area (Å²) in [6.45, 7) is 1.90. The lowest BCUT2D eigenvalue weighted by Crippen LogP contribution is -2.34. The highest BCUT2D eigenvalue weighted by molar-refractivity contribution is 7.80. The lowest BCUT2D eigenvalue weighted by Gasteiger charge is -2.15. The average molecular weight is 477 g/mol. The van der Waals surface area contributed by atoms with Crippen LogP contribution in [0.3, 0.4) is 0 Å². The number of carbonyl (C=O) groups is 1. The van der Waals surface area contributed by atoms with E-state index in [2.05, 4.69) is 45.0 Å². The smallest absolute Gasteiger partial charge is 0.279 e. The Morgan fingerprint density at radius 3 is 2.67 bits per heavy atom. The first kappa shape index (κ1) is 21.3. The summed E-state index contributed by atoms with van der Waals surface area (Å²) in [4.78, 5) is 16.8. The van der Waals surface area contributed by atoms with Gasteiger partial charge in [-0.3, -0.25) is 10.1 Å². The Bertz CT molecular complexity index is 1310. The van der Waals surface area contributed by atoms with Crippen LogP contribution in [0.25, 0.3) is 11.5 Å². The molecule has 33 heavy (non-hydrogen) atoms. The van der Waals surface area contributed by atoms with E-state index in [4.69, 9.17) is 21.5 Å². The summed E-state index contributed by atoms with van der Waals surface area (Å²) >= 11 is 6.79. The van der Waals surface area contributed by atoms with Crippen molar-refractivity contribution < 1.29 is 14.1 Å². The van der Waals surface area contributed by atoms with Crippen LogP contribution in [0.2, 0.25) is 0 Å². The second-order valence-electron chi connectivity index (χ2n) is 7.68. The Balaban J connectivity index is 1.17. The molecule has 7 nitrogen and oxygen atoms in total. The molecule has 166 valence electrons. The Labute approximate surface area is 199 Å². The van der Waals surface area contributed by atoms with Crippen LogP contribution in [-0.4, -0.2) is 27.3 Å². The minimum absolute atomic E-state index is 0.104. The highest BCUT2D eigenvalue weighted by Crippen LogP contribution is 2.27. The van der Waals surface area contributed by atoms with Crippen molar-refractivity contribution in [3.63, 3.8) is 0 Å². The highest BCUT2D eigenvalue weighted by atomic mass is 32.1. The number of amides is 1. The van der Waals surface area contributed by atoms with Gasteiger partial charge >= 0.3 is 0 Å². The summed E-state index contributed by atoms with van der Waals surface area (Å²) in [5.74, 6) is 0.708. The molecule has 0 saturated heterocycles. The van der Waals surface area contributed by atoms with Crippen LogP contribution in [-0.2, 0) is 12.8 Å². The number of thiocarbonyl (C=S) groups is 1. The monoisotopic (exact) mass is 476 g/mol. The molecule has 0 radical (unpaired) electrons. The number of hydrogen-bond donors (Lipinski definition) is 2. The third-order valence-corrected chi connectivity index (χ3v) is 6.23. The van der Waals surface area contributed by atoms with Gasteiger partial charge < -0.3 is 14.6 Å². The van der Waals surface area contributed by atoms with Crippen LogP contribution in [0.5, 0.6) is 5.75 Å².